The smallest absolute Gasteiger partial charge is 0.343 e. The van der Waals surface area contributed by atoms with E-state index < -0.39 is 10.8 Å². The highest BCUT2D eigenvalue weighted by Gasteiger charge is 2.20. The van der Waals surface area contributed by atoms with Crippen molar-refractivity contribution in [3.63, 3.8) is 0 Å². The molecule has 2 heterocycles. The van der Waals surface area contributed by atoms with Gasteiger partial charge in [0, 0.05) is 25.7 Å². The molecule has 0 atom stereocenters. The van der Waals surface area contributed by atoms with Gasteiger partial charge in [-0.15, -0.1) is 0 Å². The minimum absolute atomic E-state index is 0.0943. The third kappa shape index (κ3) is 3.21. The van der Waals surface area contributed by atoms with Gasteiger partial charge < -0.3 is 15.4 Å². The lowest BCUT2D eigenvalue weighted by Crippen LogP contribution is -2.23. The number of amides is 1. The number of fused-ring (bicyclic) bond motifs is 1. The van der Waals surface area contributed by atoms with Gasteiger partial charge in [0.25, 0.3) is 5.91 Å². The number of anilines is 1. The molecule has 10 nitrogen and oxygen atoms in total. The van der Waals surface area contributed by atoms with Crippen molar-refractivity contribution in [3.8, 4) is 0 Å². The molecule has 0 saturated carbocycles. The Bertz CT molecular complexity index is 1090. The van der Waals surface area contributed by atoms with Gasteiger partial charge in [-0.1, -0.05) is 0 Å². The summed E-state index contributed by atoms with van der Waals surface area (Å²) >= 11 is 0. The van der Waals surface area contributed by atoms with Gasteiger partial charge in [-0.05, 0) is 37.0 Å². The lowest BCUT2D eigenvalue weighted by atomic mass is 10.2. The van der Waals surface area contributed by atoms with E-state index in [2.05, 4.69) is 10.3 Å². The topological polar surface area (TPSA) is 117 Å². The Hall–Kier alpha value is -3.43. The van der Waals surface area contributed by atoms with Gasteiger partial charge in [-0.3, -0.25) is 13.9 Å². The monoisotopic (exact) mass is 372 g/mol. The molecular formula is C17H20N6O4. The molecule has 0 aliphatic heterocycles. The van der Waals surface area contributed by atoms with Gasteiger partial charge >= 0.3 is 11.5 Å². The van der Waals surface area contributed by atoms with Crippen LogP contribution in [0.5, 0.6) is 0 Å². The maximum absolute atomic E-state index is 12.4. The lowest BCUT2D eigenvalue weighted by Gasteiger charge is -2.07. The number of hydrogen-bond acceptors (Lipinski definition) is 5. The molecule has 142 valence electrons. The largest absolute Gasteiger partial charge is 0.358 e. The Morgan fingerprint density at radius 1 is 1.19 bits per heavy atom. The summed E-state index contributed by atoms with van der Waals surface area (Å²) in [7, 11) is 0. The molecule has 0 bridgehead atoms. The average molecular weight is 372 g/mol. The van der Waals surface area contributed by atoms with Crippen molar-refractivity contribution in [2.75, 3.05) is 5.32 Å². The molecule has 0 radical (unpaired) electrons. The molecule has 1 aromatic carbocycles. The van der Waals surface area contributed by atoms with E-state index >= 15 is 0 Å². The van der Waals surface area contributed by atoms with Crippen LogP contribution in [0.3, 0.4) is 0 Å². The third-order valence-corrected chi connectivity index (χ3v) is 4.46. The molecule has 0 fully saturated rings. The second-order valence-corrected chi connectivity index (χ2v) is 6.03. The number of carbonyl (C=O) groups excluding carboxylic acids is 1. The summed E-state index contributed by atoms with van der Waals surface area (Å²) < 4.78 is 4.55. The Morgan fingerprint density at radius 2 is 1.85 bits per heavy atom. The highest BCUT2D eigenvalue weighted by Crippen LogP contribution is 2.20. The summed E-state index contributed by atoms with van der Waals surface area (Å²) in [6.45, 7) is 6.22. The molecule has 0 aliphatic rings. The number of benzene rings is 1. The third-order valence-electron chi connectivity index (χ3n) is 4.46. The first-order valence-electron chi connectivity index (χ1n) is 8.56. The van der Waals surface area contributed by atoms with E-state index in [1.165, 1.54) is 4.57 Å². The van der Waals surface area contributed by atoms with Crippen LogP contribution < -0.4 is 11.0 Å². The van der Waals surface area contributed by atoms with Crippen LogP contribution in [0.15, 0.2) is 29.2 Å². The van der Waals surface area contributed by atoms with E-state index in [9.17, 15) is 19.7 Å². The number of nitro groups is 1. The SMILES string of the molecule is CCn1c(=O)n(CC)c2cc(NC(=O)Cn3c([N+](=O)[O-])cnc3C)ccc21. The molecule has 1 N–H and O–H groups in total. The molecule has 0 aliphatic carbocycles. The molecule has 10 heteroatoms. The molecule has 0 unspecified atom stereocenters. The van der Waals surface area contributed by atoms with Crippen LogP contribution in [-0.2, 0) is 24.4 Å². The molecule has 3 aromatic rings. The van der Waals surface area contributed by atoms with Crippen molar-refractivity contribution in [2.45, 2.75) is 40.4 Å². The zero-order valence-corrected chi connectivity index (χ0v) is 15.3. The zero-order chi connectivity index (χ0) is 19.7. The summed E-state index contributed by atoms with van der Waals surface area (Å²) in [4.78, 5) is 39.1. The summed E-state index contributed by atoms with van der Waals surface area (Å²) in [6, 6.07) is 5.23. The summed E-state index contributed by atoms with van der Waals surface area (Å²) in [5.41, 5.74) is 1.95. The first-order chi connectivity index (χ1) is 12.9. The van der Waals surface area contributed by atoms with E-state index in [-0.39, 0.29) is 18.1 Å². The normalized spacial score (nSPS) is 11.1. The average Bonchev–Trinajstić information content (AvgIpc) is 3.11. The van der Waals surface area contributed by atoms with Crippen molar-refractivity contribution >= 4 is 28.4 Å². The number of aromatic nitrogens is 4. The quantitative estimate of drug-likeness (QED) is 0.524. The van der Waals surface area contributed by atoms with Crippen LogP contribution >= 0.6 is 0 Å². The van der Waals surface area contributed by atoms with Crippen molar-refractivity contribution < 1.29 is 9.72 Å². The van der Waals surface area contributed by atoms with Gasteiger partial charge in [0.1, 0.15) is 6.20 Å². The predicted molar refractivity (Wildman–Crippen MR) is 99.8 cm³/mol. The van der Waals surface area contributed by atoms with E-state index in [0.717, 1.165) is 17.2 Å². The van der Waals surface area contributed by atoms with Crippen molar-refractivity contribution in [1.29, 1.82) is 0 Å². The zero-order valence-electron chi connectivity index (χ0n) is 15.3. The van der Waals surface area contributed by atoms with Gasteiger partial charge in [-0.2, -0.15) is 0 Å². The standard InChI is InChI=1S/C17H20N6O4/c1-4-20-13-7-6-12(8-14(13)21(5-2)17(20)25)19-15(24)10-22-11(3)18-9-16(22)23(26)27/h6-9H,4-5,10H2,1-3H3,(H,19,24). The van der Waals surface area contributed by atoms with Crippen molar-refractivity contribution in [1.82, 2.24) is 18.7 Å². The maximum Gasteiger partial charge on any atom is 0.343 e. The number of nitrogens with one attached hydrogen (secondary N) is 1. The number of aryl methyl sites for hydroxylation is 3. The lowest BCUT2D eigenvalue weighted by molar-refractivity contribution is -0.392. The van der Waals surface area contributed by atoms with Crippen LogP contribution in [0.2, 0.25) is 0 Å². The molecule has 2 aromatic heterocycles. The van der Waals surface area contributed by atoms with Crippen LogP contribution in [0.25, 0.3) is 11.0 Å². The van der Waals surface area contributed by atoms with E-state index in [4.69, 9.17) is 0 Å². The van der Waals surface area contributed by atoms with Crippen LogP contribution in [0.4, 0.5) is 11.5 Å². The second kappa shape index (κ2) is 7.06. The molecule has 0 spiro atoms. The maximum atomic E-state index is 12.4. The highest BCUT2D eigenvalue weighted by atomic mass is 16.6. The van der Waals surface area contributed by atoms with Crippen molar-refractivity contribution in [2.24, 2.45) is 0 Å². The Kier molecular flexibility index (Phi) is 4.80. The number of hydrogen-bond donors (Lipinski definition) is 1. The Labute approximate surface area is 154 Å². The number of carbonyl (C=O) groups is 1. The summed E-state index contributed by atoms with van der Waals surface area (Å²) in [5, 5.41) is 13.8. The number of rotatable bonds is 6. The fourth-order valence-electron chi connectivity index (χ4n) is 3.15. The number of imidazole rings is 2. The molecule has 1 amide bonds. The van der Waals surface area contributed by atoms with E-state index in [1.54, 1.807) is 34.3 Å². The molecule has 3 rings (SSSR count). The van der Waals surface area contributed by atoms with Crippen LogP contribution in [0.1, 0.15) is 19.7 Å². The first-order valence-corrected chi connectivity index (χ1v) is 8.56. The minimum atomic E-state index is -0.577. The first kappa shape index (κ1) is 18.4. The molecule has 27 heavy (non-hydrogen) atoms. The van der Waals surface area contributed by atoms with E-state index in [1.807, 2.05) is 13.8 Å². The summed E-state index contributed by atoms with van der Waals surface area (Å²) in [6.07, 6.45) is 1.13. The van der Waals surface area contributed by atoms with Gasteiger partial charge in [0.05, 0.1) is 11.0 Å². The fourth-order valence-corrected chi connectivity index (χ4v) is 3.15. The number of nitrogens with zero attached hydrogens (tertiary/aromatic N) is 5. The fraction of sp³-hybridized carbons (Fsp3) is 0.353. The summed E-state index contributed by atoms with van der Waals surface area (Å²) in [5.74, 6) is -0.274. The Morgan fingerprint density at radius 3 is 2.48 bits per heavy atom. The van der Waals surface area contributed by atoms with Crippen LogP contribution in [0, 0.1) is 17.0 Å². The minimum Gasteiger partial charge on any atom is -0.358 e. The Balaban J connectivity index is 1.89. The predicted octanol–water partition coefficient (Wildman–Crippen LogP) is 1.89. The van der Waals surface area contributed by atoms with Crippen LogP contribution in [-0.4, -0.2) is 29.5 Å². The second-order valence-electron chi connectivity index (χ2n) is 6.03. The highest BCUT2D eigenvalue weighted by molar-refractivity contribution is 5.93. The van der Waals surface area contributed by atoms with E-state index in [0.29, 0.717) is 24.6 Å². The molecule has 0 saturated heterocycles. The van der Waals surface area contributed by atoms with Gasteiger partial charge in [-0.25, -0.2) is 14.3 Å². The van der Waals surface area contributed by atoms with Gasteiger partial charge in [0.15, 0.2) is 12.4 Å². The van der Waals surface area contributed by atoms with Gasteiger partial charge in [0.2, 0.25) is 0 Å². The molecular weight excluding hydrogens is 352 g/mol. The van der Waals surface area contributed by atoms with Crippen molar-refractivity contribution in [3.05, 3.63) is 50.8 Å².